The van der Waals surface area contributed by atoms with E-state index in [0.29, 0.717) is 11.4 Å². The molecule has 2 rings (SSSR count). The molecule has 2 heterocycles. The quantitative estimate of drug-likeness (QED) is 0.851. The van der Waals surface area contributed by atoms with E-state index in [4.69, 9.17) is 5.11 Å². The number of hydrogen-bond donors (Lipinski definition) is 2. The third-order valence-electron chi connectivity index (χ3n) is 2.91. The second-order valence-corrected chi connectivity index (χ2v) is 6.79. The highest BCUT2D eigenvalue weighted by Gasteiger charge is 2.11. The number of aliphatic hydroxyl groups is 1. The molecule has 0 fully saturated rings. The van der Waals surface area contributed by atoms with Gasteiger partial charge in [0.2, 0.25) is 0 Å². The molecule has 1 amide bonds. The van der Waals surface area contributed by atoms with E-state index < -0.39 is 0 Å². The number of thiophene rings is 2. The molecule has 110 valence electrons. The fourth-order valence-electron chi connectivity index (χ4n) is 1.80. The lowest BCUT2D eigenvalue weighted by atomic mass is 10.2. The number of aryl methyl sites for hydroxylation is 2. The first-order valence-electron chi connectivity index (χ1n) is 6.70. The normalized spacial score (nSPS) is 10.0. The third kappa shape index (κ3) is 4.18. The molecule has 0 bridgehead atoms. The first-order valence-corrected chi connectivity index (χ1v) is 8.33. The molecule has 2 aromatic heterocycles. The summed E-state index contributed by atoms with van der Waals surface area (Å²) in [5.74, 6) is 5.40. The van der Waals surface area contributed by atoms with E-state index in [2.05, 4.69) is 36.2 Å². The van der Waals surface area contributed by atoms with Gasteiger partial charge in [-0.2, -0.15) is 0 Å². The van der Waals surface area contributed by atoms with Gasteiger partial charge in [-0.1, -0.05) is 18.8 Å². The van der Waals surface area contributed by atoms with Crippen molar-refractivity contribution in [1.29, 1.82) is 0 Å². The summed E-state index contributed by atoms with van der Waals surface area (Å²) in [5, 5.41) is 11.7. The molecule has 0 aromatic carbocycles. The van der Waals surface area contributed by atoms with Crippen LogP contribution in [0.4, 0.5) is 0 Å². The number of aliphatic hydroxyl groups excluding tert-OH is 1. The highest BCUT2D eigenvalue weighted by molar-refractivity contribution is 7.14. The van der Waals surface area contributed by atoms with Crippen molar-refractivity contribution in [2.24, 2.45) is 0 Å². The minimum absolute atomic E-state index is 0.0772. The summed E-state index contributed by atoms with van der Waals surface area (Å²) in [4.78, 5) is 16.1. The summed E-state index contributed by atoms with van der Waals surface area (Å²) in [6, 6.07) is 6.00. The molecule has 0 unspecified atom stereocenters. The van der Waals surface area contributed by atoms with Gasteiger partial charge in [-0.3, -0.25) is 4.79 Å². The van der Waals surface area contributed by atoms with Crippen molar-refractivity contribution in [3.63, 3.8) is 0 Å². The van der Waals surface area contributed by atoms with Crippen LogP contribution in [-0.4, -0.2) is 17.6 Å². The number of nitrogens with one attached hydrogen (secondary N) is 1. The lowest BCUT2D eigenvalue weighted by molar-refractivity contribution is 0.0955. The monoisotopic (exact) mass is 319 g/mol. The second-order valence-electron chi connectivity index (χ2n) is 4.49. The molecule has 0 saturated heterocycles. The zero-order valence-electron chi connectivity index (χ0n) is 12.0. The van der Waals surface area contributed by atoms with Crippen LogP contribution < -0.4 is 5.32 Å². The molecule has 2 N–H and O–H groups in total. The summed E-state index contributed by atoms with van der Waals surface area (Å²) in [7, 11) is 0. The molecule has 0 aliphatic carbocycles. The van der Waals surface area contributed by atoms with Crippen molar-refractivity contribution in [2.75, 3.05) is 6.61 Å². The van der Waals surface area contributed by atoms with Gasteiger partial charge in [0.25, 0.3) is 5.91 Å². The van der Waals surface area contributed by atoms with E-state index in [-0.39, 0.29) is 12.5 Å². The van der Waals surface area contributed by atoms with Crippen LogP contribution in [0.5, 0.6) is 0 Å². The maximum Gasteiger partial charge on any atom is 0.261 e. The summed E-state index contributed by atoms with van der Waals surface area (Å²) in [6.07, 6.45) is 1.02. The van der Waals surface area contributed by atoms with E-state index in [1.807, 2.05) is 13.0 Å². The molecule has 0 atom stereocenters. The Balaban J connectivity index is 2.00. The van der Waals surface area contributed by atoms with E-state index in [1.54, 1.807) is 11.3 Å². The van der Waals surface area contributed by atoms with Gasteiger partial charge >= 0.3 is 0 Å². The van der Waals surface area contributed by atoms with Crippen molar-refractivity contribution < 1.29 is 9.90 Å². The van der Waals surface area contributed by atoms with Gasteiger partial charge in [0.1, 0.15) is 6.61 Å². The average Bonchev–Trinajstić information content (AvgIpc) is 3.09. The van der Waals surface area contributed by atoms with Crippen molar-refractivity contribution in [2.45, 2.75) is 26.8 Å². The van der Waals surface area contributed by atoms with Crippen LogP contribution >= 0.6 is 22.7 Å². The third-order valence-corrected chi connectivity index (χ3v) is 5.29. The molecule has 0 saturated carbocycles. The summed E-state index contributed by atoms with van der Waals surface area (Å²) >= 11 is 3.09. The van der Waals surface area contributed by atoms with Crippen LogP contribution in [0.1, 0.15) is 36.8 Å². The fraction of sp³-hybridized carbons (Fsp3) is 0.312. The van der Waals surface area contributed by atoms with Crippen LogP contribution in [0.15, 0.2) is 18.2 Å². The van der Waals surface area contributed by atoms with E-state index in [9.17, 15) is 4.79 Å². The van der Waals surface area contributed by atoms with E-state index in [0.717, 1.165) is 21.7 Å². The topological polar surface area (TPSA) is 49.3 Å². The van der Waals surface area contributed by atoms with Gasteiger partial charge in [0.15, 0.2) is 0 Å². The van der Waals surface area contributed by atoms with Crippen LogP contribution in [-0.2, 0) is 13.0 Å². The summed E-state index contributed by atoms with van der Waals surface area (Å²) in [6.45, 7) is 4.42. The average molecular weight is 319 g/mol. The van der Waals surface area contributed by atoms with Gasteiger partial charge in [-0.25, -0.2) is 0 Å². The van der Waals surface area contributed by atoms with Crippen LogP contribution in [0.3, 0.4) is 0 Å². The van der Waals surface area contributed by atoms with E-state index in [1.165, 1.54) is 16.2 Å². The molecule has 21 heavy (non-hydrogen) atoms. The Morgan fingerprint density at radius 1 is 1.33 bits per heavy atom. The maximum atomic E-state index is 12.1. The van der Waals surface area contributed by atoms with Crippen molar-refractivity contribution in [1.82, 2.24) is 5.32 Å². The fourth-order valence-corrected chi connectivity index (χ4v) is 3.66. The standard InChI is InChI=1S/C16H17NO2S2/c1-3-12-6-7-13(20-12)10-17-16(19)15-9-11(2)14(21-15)5-4-8-18/h6-7,9,18H,3,8,10H2,1-2H3,(H,17,19). The first-order chi connectivity index (χ1) is 10.1. The highest BCUT2D eigenvalue weighted by atomic mass is 32.1. The Kier molecular flexibility index (Phi) is 5.57. The van der Waals surface area contributed by atoms with Gasteiger partial charge in [-0.15, -0.1) is 22.7 Å². The minimum atomic E-state index is -0.170. The first kappa shape index (κ1) is 15.8. The minimum Gasteiger partial charge on any atom is -0.384 e. The number of rotatable bonds is 4. The maximum absolute atomic E-state index is 12.1. The Bertz CT molecular complexity index is 689. The van der Waals surface area contributed by atoms with Crippen molar-refractivity contribution in [3.05, 3.63) is 43.3 Å². The van der Waals surface area contributed by atoms with Crippen LogP contribution in [0, 0.1) is 18.8 Å². The Labute approximate surface area is 132 Å². The van der Waals surface area contributed by atoms with Crippen molar-refractivity contribution in [3.8, 4) is 11.8 Å². The molecule has 5 heteroatoms. The Hall–Kier alpha value is -1.61. The molecule has 0 aliphatic rings. The number of carbonyl (C=O) groups excluding carboxylic acids is 1. The molecule has 2 aromatic rings. The molecular formula is C16H17NO2S2. The predicted molar refractivity (Wildman–Crippen MR) is 87.9 cm³/mol. The number of hydrogen-bond acceptors (Lipinski definition) is 4. The number of amides is 1. The van der Waals surface area contributed by atoms with Crippen molar-refractivity contribution >= 4 is 28.6 Å². The lowest BCUT2D eigenvalue weighted by Crippen LogP contribution is -2.21. The summed E-state index contributed by atoms with van der Waals surface area (Å²) in [5.41, 5.74) is 0.968. The van der Waals surface area contributed by atoms with Gasteiger partial charge in [0, 0.05) is 9.75 Å². The Morgan fingerprint density at radius 3 is 2.76 bits per heavy atom. The smallest absolute Gasteiger partial charge is 0.261 e. The molecular weight excluding hydrogens is 302 g/mol. The predicted octanol–water partition coefficient (Wildman–Crippen LogP) is 2.95. The highest BCUT2D eigenvalue weighted by Crippen LogP contribution is 2.21. The number of carbonyl (C=O) groups is 1. The molecule has 3 nitrogen and oxygen atoms in total. The Morgan fingerprint density at radius 2 is 2.10 bits per heavy atom. The second kappa shape index (κ2) is 7.41. The lowest BCUT2D eigenvalue weighted by Gasteiger charge is -2.00. The van der Waals surface area contributed by atoms with E-state index >= 15 is 0 Å². The van der Waals surface area contributed by atoms with Gasteiger partial charge in [0.05, 0.1) is 16.3 Å². The molecule has 0 spiro atoms. The zero-order chi connectivity index (χ0) is 15.2. The van der Waals surface area contributed by atoms with Crippen LogP contribution in [0.2, 0.25) is 0 Å². The summed E-state index contributed by atoms with van der Waals surface area (Å²) < 4.78 is 0. The zero-order valence-corrected chi connectivity index (χ0v) is 13.7. The SMILES string of the molecule is CCc1ccc(CNC(=O)c2cc(C)c(C#CCO)s2)s1. The van der Waals surface area contributed by atoms with Gasteiger partial charge in [-0.05, 0) is 37.1 Å². The molecule has 0 aliphatic heterocycles. The van der Waals surface area contributed by atoms with Gasteiger partial charge < -0.3 is 10.4 Å². The van der Waals surface area contributed by atoms with Crippen LogP contribution in [0.25, 0.3) is 0 Å². The molecule has 0 radical (unpaired) electrons. The largest absolute Gasteiger partial charge is 0.384 e.